The van der Waals surface area contributed by atoms with Gasteiger partial charge >= 0.3 is 0 Å². The van der Waals surface area contributed by atoms with E-state index in [4.69, 9.17) is 5.73 Å². The van der Waals surface area contributed by atoms with E-state index >= 15 is 0 Å². The van der Waals surface area contributed by atoms with Gasteiger partial charge in [-0.2, -0.15) is 4.31 Å². The zero-order valence-electron chi connectivity index (χ0n) is 12.1. The summed E-state index contributed by atoms with van der Waals surface area (Å²) in [5, 5.41) is 0. The molecule has 1 aromatic rings. The molecule has 1 fully saturated rings. The van der Waals surface area contributed by atoms with Crippen molar-refractivity contribution in [2.45, 2.75) is 38.1 Å². The molecule has 2 rings (SSSR count). The van der Waals surface area contributed by atoms with Crippen molar-refractivity contribution < 1.29 is 8.42 Å². The van der Waals surface area contributed by atoms with Crippen LogP contribution in [-0.4, -0.2) is 30.8 Å². The van der Waals surface area contributed by atoms with Gasteiger partial charge in [0.2, 0.25) is 10.0 Å². The van der Waals surface area contributed by atoms with Crippen molar-refractivity contribution in [2.24, 2.45) is 17.6 Å². The van der Waals surface area contributed by atoms with Crippen LogP contribution in [0.1, 0.15) is 32.4 Å². The number of rotatable bonds is 4. The van der Waals surface area contributed by atoms with Crippen LogP contribution in [-0.2, 0) is 16.6 Å². The van der Waals surface area contributed by atoms with Gasteiger partial charge in [0.05, 0.1) is 5.69 Å². The van der Waals surface area contributed by atoms with Crippen LogP contribution >= 0.6 is 0 Å². The van der Waals surface area contributed by atoms with Crippen molar-refractivity contribution in [2.75, 3.05) is 13.1 Å². The number of aromatic nitrogens is 1. The Morgan fingerprint density at radius 2 is 2.05 bits per heavy atom. The van der Waals surface area contributed by atoms with Gasteiger partial charge in [0.25, 0.3) is 0 Å². The first-order chi connectivity index (χ1) is 9.46. The highest BCUT2D eigenvalue weighted by Crippen LogP contribution is 2.28. The van der Waals surface area contributed by atoms with Gasteiger partial charge < -0.3 is 5.73 Å². The van der Waals surface area contributed by atoms with E-state index in [2.05, 4.69) is 18.8 Å². The lowest BCUT2D eigenvalue weighted by Gasteiger charge is -2.33. The number of sulfonamides is 1. The minimum atomic E-state index is -3.46. The molecule has 2 N–H and O–H groups in total. The van der Waals surface area contributed by atoms with Gasteiger partial charge in [0.1, 0.15) is 4.90 Å². The standard InChI is InChI=1S/C14H23N3O2S/c1-11(2)12-5-8-17(9-6-12)20(18,19)14-4-3-7-16-13(14)10-15/h3-4,7,11-12H,5-6,8-10,15H2,1-2H3. The van der Waals surface area contributed by atoms with Crippen LogP contribution in [0.2, 0.25) is 0 Å². The van der Waals surface area contributed by atoms with E-state index in [1.807, 2.05) is 0 Å². The first-order valence-corrected chi connectivity index (χ1v) is 8.55. The van der Waals surface area contributed by atoms with Crippen LogP contribution < -0.4 is 5.73 Å². The van der Waals surface area contributed by atoms with Gasteiger partial charge in [-0.05, 0) is 36.8 Å². The molecule has 0 spiro atoms. The van der Waals surface area contributed by atoms with Crippen LogP contribution in [0.3, 0.4) is 0 Å². The van der Waals surface area contributed by atoms with Gasteiger partial charge in [0, 0.05) is 25.8 Å². The topological polar surface area (TPSA) is 76.3 Å². The van der Waals surface area contributed by atoms with Gasteiger partial charge in [-0.15, -0.1) is 0 Å². The van der Waals surface area contributed by atoms with Crippen molar-refractivity contribution in [3.63, 3.8) is 0 Å². The Hall–Kier alpha value is -0.980. The highest BCUT2D eigenvalue weighted by molar-refractivity contribution is 7.89. The summed E-state index contributed by atoms with van der Waals surface area (Å²) in [6.45, 7) is 5.71. The van der Waals surface area contributed by atoms with E-state index in [0.29, 0.717) is 30.6 Å². The number of hydrogen-bond acceptors (Lipinski definition) is 4. The molecule has 0 unspecified atom stereocenters. The molecule has 0 aromatic carbocycles. The Morgan fingerprint density at radius 3 is 2.60 bits per heavy atom. The molecule has 2 heterocycles. The zero-order chi connectivity index (χ0) is 14.8. The van der Waals surface area contributed by atoms with Gasteiger partial charge in [-0.1, -0.05) is 13.8 Å². The summed E-state index contributed by atoms with van der Waals surface area (Å²) in [5.74, 6) is 1.22. The fraction of sp³-hybridized carbons (Fsp3) is 0.643. The highest BCUT2D eigenvalue weighted by atomic mass is 32.2. The first kappa shape index (κ1) is 15.4. The van der Waals surface area contributed by atoms with E-state index < -0.39 is 10.0 Å². The van der Waals surface area contributed by atoms with Crippen molar-refractivity contribution in [3.05, 3.63) is 24.0 Å². The number of nitrogens with two attached hydrogens (primary N) is 1. The minimum absolute atomic E-state index is 0.137. The lowest BCUT2D eigenvalue weighted by molar-refractivity contribution is 0.226. The summed E-state index contributed by atoms with van der Waals surface area (Å²) in [7, 11) is -3.46. The van der Waals surface area contributed by atoms with Crippen LogP contribution in [0, 0.1) is 11.8 Å². The van der Waals surface area contributed by atoms with Crippen LogP contribution in [0.25, 0.3) is 0 Å². The summed E-state index contributed by atoms with van der Waals surface area (Å²) in [4.78, 5) is 4.33. The highest BCUT2D eigenvalue weighted by Gasteiger charge is 2.31. The molecule has 20 heavy (non-hydrogen) atoms. The van der Waals surface area contributed by atoms with E-state index in [9.17, 15) is 8.42 Å². The monoisotopic (exact) mass is 297 g/mol. The number of pyridine rings is 1. The maximum absolute atomic E-state index is 12.7. The number of piperidine rings is 1. The summed E-state index contributed by atoms with van der Waals surface area (Å²) in [6.07, 6.45) is 3.43. The van der Waals surface area contributed by atoms with Crippen LogP contribution in [0.5, 0.6) is 0 Å². The van der Waals surface area contributed by atoms with Crippen LogP contribution in [0.4, 0.5) is 0 Å². The van der Waals surface area contributed by atoms with Crippen molar-refractivity contribution in [3.8, 4) is 0 Å². The Balaban J connectivity index is 2.20. The lowest BCUT2D eigenvalue weighted by Crippen LogP contribution is -2.40. The maximum Gasteiger partial charge on any atom is 0.244 e. The fourth-order valence-electron chi connectivity index (χ4n) is 2.73. The molecular formula is C14H23N3O2S. The second kappa shape index (κ2) is 6.20. The van der Waals surface area contributed by atoms with Crippen molar-refractivity contribution >= 4 is 10.0 Å². The van der Waals surface area contributed by atoms with Gasteiger partial charge in [-0.3, -0.25) is 4.98 Å². The Kier molecular flexibility index (Phi) is 4.78. The van der Waals surface area contributed by atoms with E-state index in [0.717, 1.165) is 12.8 Å². The normalized spacial score (nSPS) is 18.6. The molecule has 0 amide bonds. The molecule has 1 aromatic heterocycles. The molecule has 1 aliphatic rings. The molecule has 0 atom stereocenters. The Bertz CT molecular complexity index is 549. The van der Waals surface area contributed by atoms with E-state index in [-0.39, 0.29) is 11.4 Å². The molecule has 0 saturated carbocycles. The summed E-state index contributed by atoms with van der Waals surface area (Å²) in [5.41, 5.74) is 6.04. The Labute approximate surface area is 121 Å². The average molecular weight is 297 g/mol. The quantitative estimate of drug-likeness (QED) is 0.915. The lowest BCUT2D eigenvalue weighted by atomic mass is 9.87. The molecule has 5 nitrogen and oxygen atoms in total. The number of nitrogens with zero attached hydrogens (tertiary/aromatic N) is 2. The molecule has 6 heteroatoms. The predicted octanol–water partition coefficient (Wildman–Crippen LogP) is 1.60. The zero-order valence-corrected chi connectivity index (χ0v) is 12.9. The third kappa shape index (κ3) is 3.02. The molecule has 0 aliphatic carbocycles. The molecule has 0 bridgehead atoms. The summed E-state index contributed by atoms with van der Waals surface area (Å²) in [6, 6.07) is 3.24. The average Bonchev–Trinajstić information content (AvgIpc) is 2.47. The second-order valence-electron chi connectivity index (χ2n) is 5.64. The molecule has 1 aliphatic heterocycles. The molecular weight excluding hydrogens is 274 g/mol. The van der Waals surface area contributed by atoms with Crippen molar-refractivity contribution in [1.29, 1.82) is 0 Å². The smallest absolute Gasteiger partial charge is 0.244 e. The van der Waals surface area contributed by atoms with Crippen molar-refractivity contribution in [1.82, 2.24) is 9.29 Å². The summed E-state index contributed by atoms with van der Waals surface area (Å²) < 4.78 is 26.9. The maximum atomic E-state index is 12.7. The third-order valence-corrected chi connectivity index (χ3v) is 6.07. The number of hydrogen-bond donors (Lipinski definition) is 1. The largest absolute Gasteiger partial charge is 0.325 e. The molecule has 112 valence electrons. The molecule has 0 radical (unpaired) electrons. The minimum Gasteiger partial charge on any atom is -0.325 e. The van der Waals surface area contributed by atoms with Gasteiger partial charge in [-0.25, -0.2) is 8.42 Å². The third-order valence-electron chi connectivity index (χ3n) is 4.10. The Morgan fingerprint density at radius 1 is 1.40 bits per heavy atom. The second-order valence-corrected chi connectivity index (χ2v) is 7.54. The summed E-state index contributed by atoms with van der Waals surface area (Å²) >= 11 is 0. The fourth-order valence-corrected chi connectivity index (χ4v) is 4.39. The SMILES string of the molecule is CC(C)C1CCN(S(=O)(=O)c2cccnc2CN)CC1. The first-order valence-electron chi connectivity index (χ1n) is 7.11. The van der Waals surface area contributed by atoms with E-state index in [1.54, 1.807) is 22.6 Å². The predicted molar refractivity (Wildman–Crippen MR) is 78.4 cm³/mol. The van der Waals surface area contributed by atoms with Gasteiger partial charge in [0.15, 0.2) is 0 Å². The van der Waals surface area contributed by atoms with Crippen LogP contribution in [0.15, 0.2) is 23.2 Å². The molecule has 1 saturated heterocycles. The van der Waals surface area contributed by atoms with E-state index in [1.165, 1.54) is 0 Å².